The molecule has 4 nitrogen and oxygen atoms in total. The summed E-state index contributed by atoms with van der Waals surface area (Å²) < 4.78 is 0. The summed E-state index contributed by atoms with van der Waals surface area (Å²) in [4.78, 5) is 48.3. The van der Waals surface area contributed by atoms with Crippen LogP contribution in [0.4, 0.5) is 0 Å². The van der Waals surface area contributed by atoms with E-state index in [1.807, 2.05) is 76.3 Å². The molecule has 44 heavy (non-hydrogen) atoms. The third-order valence-corrected chi connectivity index (χ3v) is 8.89. The topological polar surface area (TPSA) is 68.3 Å². The maximum absolute atomic E-state index is 12.2. The minimum Gasteiger partial charge on any atom is -0.291 e. The summed E-state index contributed by atoms with van der Waals surface area (Å²) in [6.07, 6.45) is 29.2. The van der Waals surface area contributed by atoms with Gasteiger partial charge in [-0.05, 0) is 50.4 Å². The van der Waals surface area contributed by atoms with Gasteiger partial charge in [-0.25, -0.2) is 0 Å². The minimum absolute atomic E-state index is 0.0416. The Bertz CT molecular complexity index is 1290. The summed E-state index contributed by atoms with van der Waals surface area (Å²) in [5.74, 6) is -1.48. The van der Waals surface area contributed by atoms with Gasteiger partial charge in [0.05, 0.1) is 0 Å². The van der Waals surface area contributed by atoms with Gasteiger partial charge in [-0.1, -0.05) is 149 Å². The van der Waals surface area contributed by atoms with Crippen molar-refractivity contribution in [3.63, 3.8) is 0 Å². The molecule has 0 aromatic heterocycles. The largest absolute Gasteiger partial charge is 0.291 e. The average Bonchev–Trinajstić information content (AvgIpc) is 2.92. The maximum Gasteiger partial charge on any atom is 0.201 e. The molecule has 2 saturated carbocycles. The summed E-state index contributed by atoms with van der Waals surface area (Å²) in [7, 11) is 0. The zero-order chi connectivity index (χ0) is 33.2. The summed E-state index contributed by atoms with van der Waals surface area (Å²) in [6, 6.07) is 0. The lowest BCUT2D eigenvalue weighted by Crippen LogP contribution is -2.43. The molecule has 4 unspecified atom stereocenters. The first-order chi connectivity index (χ1) is 20.5. The van der Waals surface area contributed by atoms with Crippen LogP contribution >= 0.6 is 0 Å². The highest BCUT2D eigenvalue weighted by atomic mass is 16.2. The third kappa shape index (κ3) is 10.5. The highest BCUT2D eigenvalue weighted by Gasteiger charge is 2.45. The molecular formula is C40H52O4. The van der Waals surface area contributed by atoms with Crippen molar-refractivity contribution in [1.82, 2.24) is 0 Å². The lowest BCUT2D eigenvalue weighted by molar-refractivity contribution is -0.145. The zero-order valence-electron chi connectivity index (χ0n) is 28.4. The van der Waals surface area contributed by atoms with Crippen LogP contribution in [0.1, 0.15) is 82.1 Å². The number of Topliss-reactive ketones (excluding diaryl/α,β-unsaturated/α-hetero) is 4. The lowest BCUT2D eigenvalue weighted by Gasteiger charge is -2.39. The first-order valence-electron chi connectivity index (χ1n) is 15.7. The number of hydrogen-bond donors (Lipinski definition) is 0. The van der Waals surface area contributed by atoms with Crippen molar-refractivity contribution in [2.75, 3.05) is 0 Å². The Labute approximate surface area is 265 Å². The molecule has 0 aromatic rings. The molecule has 2 aliphatic rings. The SMILES string of the molecule is C\C(C=CC1C(C)C(=O)C(=O)CC1(C)C)=C/C=C/C(C)=C/C=C/C=C(C)/C=C/C=C(\C)C=CC1C(C)C(=O)C(=O)CC1(C)C. The van der Waals surface area contributed by atoms with E-state index in [-0.39, 0.29) is 57.6 Å². The van der Waals surface area contributed by atoms with Crippen LogP contribution in [0, 0.1) is 34.5 Å². The van der Waals surface area contributed by atoms with Crippen molar-refractivity contribution in [3.8, 4) is 0 Å². The first-order valence-corrected chi connectivity index (χ1v) is 15.7. The maximum atomic E-state index is 12.2. The van der Waals surface area contributed by atoms with Gasteiger partial charge in [0.2, 0.25) is 11.6 Å². The molecule has 2 aliphatic carbocycles. The fraction of sp³-hybridized carbons (Fsp3) is 0.450. The van der Waals surface area contributed by atoms with Crippen molar-refractivity contribution in [3.05, 3.63) is 107 Å². The van der Waals surface area contributed by atoms with Crippen LogP contribution in [-0.2, 0) is 19.2 Å². The Morgan fingerprint density at radius 1 is 0.523 bits per heavy atom. The van der Waals surface area contributed by atoms with E-state index >= 15 is 0 Å². The van der Waals surface area contributed by atoms with Crippen molar-refractivity contribution < 1.29 is 19.2 Å². The molecule has 0 saturated heterocycles. The molecule has 0 heterocycles. The van der Waals surface area contributed by atoms with E-state index in [4.69, 9.17) is 0 Å². The van der Waals surface area contributed by atoms with Gasteiger partial charge in [-0.15, -0.1) is 0 Å². The predicted octanol–water partition coefficient (Wildman–Crippen LogP) is 9.19. The van der Waals surface area contributed by atoms with Crippen LogP contribution in [0.3, 0.4) is 0 Å². The van der Waals surface area contributed by atoms with Crippen LogP contribution in [0.15, 0.2) is 107 Å². The Hall–Kier alpha value is -3.66. The van der Waals surface area contributed by atoms with Crippen LogP contribution < -0.4 is 0 Å². The van der Waals surface area contributed by atoms with Crippen LogP contribution in [-0.4, -0.2) is 23.1 Å². The highest BCUT2D eigenvalue weighted by molar-refractivity contribution is 6.39. The van der Waals surface area contributed by atoms with E-state index in [1.54, 1.807) is 0 Å². The van der Waals surface area contributed by atoms with Crippen molar-refractivity contribution in [1.29, 1.82) is 0 Å². The number of hydrogen-bond acceptors (Lipinski definition) is 4. The smallest absolute Gasteiger partial charge is 0.201 e. The van der Waals surface area contributed by atoms with E-state index < -0.39 is 0 Å². The fourth-order valence-electron chi connectivity index (χ4n) is 6.13. The molecule has 4 heteroatoms. The van der Waals surface area contributed by atoms with Crippen molar-refractivity contribution >= 4 is 23.1 Å². The Morgan fingerprint density at radius 3 is 1.16 bits per heavy atom. The highest BCUT2D eigenvalue weighted by Crippen LogP contribution is 2.43. The molecule has 0 radical (unpaired) electrons. The first kappa shape index (κ1) is 36.5. The van der Waals surface area contributed by atoms with Crippen LogP contribution in [0.2, 0.25) is 0 Å². The number of carbonyl (C=O) groups excluding carboxylic acids is 4. The lowest BCUT2D eigenvalue weighted by atomic mass is 9.63. The fourth-order valence-corrected chi connectivity index (χ4v) is 6.13. The average molecular weight is 597 g/mol. The van der Waals surface area contributed by atoms with Crippen LogP contribution in [0.5, 0.6) is 0 Å². The van der Waals surface area contributed by atoms with Crippen LogP contribution in [0.25, 0.3) is 0 Å². The summed E-state index contributed by atoms with van der Waals surface area (Å²) in [5.41, 5.74) is 3.96. The summed E-state index contributed by atoms with van der Waals surface area (Å²) in [6.45, 7) is 20.1. The van der Waals surface area contributed by atoms with Crippen molar-refractivity contribution in [2.24, 2.45) is 34.5 Å². The quantitative estimate of drug-likeness (QED) is 0.186. The van der Waals surface area contributed by atoms with Gasteiger partial charge in [0.15, 0.2) is 11.6 Å². The van der Waals surface area contributed by atoms with Crippen molar-refractivity contribution in [2.45, 2.75) is 82.1 Å². The molecule has 0 aliphatic heterocycles. The summed E-state index contributed by atoms with van der Waals surface area (Å²) in [5, 5.41) is 0. The molecule has 0 aromatic carbocycles. The van der Waals surface area contributed by atoms with E-state index in [2.05, 4.69) is 78.0 Å². The molecule has 2 rings (SSSR count). The van der Waals surface area contributed by atoms with Gasteiger partial charge < -0.3 is 0 Å². The molecular weight excluding hydrogens is 544 g/mol. The van der Waals surface area contributed by atoms with Gasteiger partial charge >= 0.3 is 0 Å². The normalized spacial score (nSPS) is 27.8. The van der Waals surface area contributed by atoms with Gasteiger partial charge in [0, 0.05) is 24.7 Å². The number of rotatable bonds is 10. The second kappa shape index (κ2) is 15.9. The molecule has 236 valence electrons. The molecule has 0 bridgehead atoms. The van der Waals surface area contributed by atoms with Gasteiger partial charge in [-0.3, -0.25) is 19.2 Å². The standard InChI is InChI=1S/C40H52O4/c1-27(17-13-19-29(3)21-23-33-31(5)37(43)35(41)25-39(33,7)8)15-11-12-16-28(2)18-14-20-30(4)22-24-34-32(6)38(44)36(42)26-40(34,9)10/h11-24,31-34H,25-26H2,1-10H3/b12-11+,17-13+,18-14+,23-21?,24-22?,27-15+,28-16+,29-19+,30-20+. The third-order valence-electron chi connectivity index (χ3n) is 8.89. The molecule has 4 atom stereocenters. The Balaban J connectivity index is 1.91. The molecule has 2 fully saturated rings. The monoisotopic (exact) mass is 596 g/mol. The molecule has 0 spiro atoms. The van der Waals surface area contributed by atoms with E-state index in [0.29, 0.717) is 12.8 Å². The zero-order valence-corrected chi connectivity index (χ0v) is 28.4. The number of carbonyl (C=O) groups is 4. The number of allylic oxidation sites excluding steroid dienone is 18. The molecule has 0 amide bonds. The second-order valence-corrected chi connectivity index (χ2v) is 14.0. The minimum atomic E-state index is -0.287. The van der Waals surface area contributed by atoms with E-state index in [9.17, 15) is 19.2 Å². The molecule has 0 N–H and O–H groups in total. The predicted molar refractivity (Wildman–Crippen MR) is 183 cm³/mol. The van der Waals surface area contributed by atoms with Gasteiger partial charge in [0.25, 0.3) is 0 Å². The Morgan fingerprint density at radius 2 is 0.818 bits per heavy atom. The summed E-state index contributed by atoms with van der Waals surface area (Å²) >= 11 is 0. The van der Waals surface area contributed by atoms with E-state index in [0.717, 1.165) is 22.3 Å². The van der Waals surface area contributed by atoms with Gasteiger partial charge in [-0.2, -0.15) is 0 Å². The number of ketones is 4. The Kier molecular flexibility index (Phi) is 13.2. The van der Waals surface area contributed by atoms with E-state index in [1.165, 1.54) is 0 Å². The van der Waals surface area contributed by atoms with Gasteiger partial charge in [0.1, 0.15) is 0 Å². The second-order valence-electron chi connectivity index (χ2n) is 14.0.